The molecule has 0 bridgehead atoms. The summed E-state index contributed by atoms with van der Waals surface area (Å²) in [7, 11) is 1.35. The minimum absolute atomic E-state index is 0.256. The van der Waals surface area contributed by atoms with Crippen LogP contribution in [0.15, 0.2) is 29.1 Å². The van der Waals surface area contributed by atoms with Crippen molar-refractivity contribution in [2.24, 2.45) is 0 Å². The lowest BCUT2D eigenvalue weighted by molar-refractivity contribution is -0.151. The smallest absolute Gasteiger partial charge is 0.347 e. The lowest BCUT2D eigenvalue weighted by Gasteiger charge is -2.31. The number of ether oxygens (including phenoxy) is 1. The van der Waals surface area contributed by atoms with Crippen molar-refractivity contribution in [2.75, 3.05) is 7.11 Å². The molecule has 0 fully saturated rings. The number of nitrogens with zero attached hydrogens (tertiary/aromatic N) is 3. The van der Waals surface area contributed by atoms with Gasteiger partial charge in [-0.3, -0.25) is 4.57 Å². The predicted octanol–water partition coefficient (Wildman–Crippen LogP) is 1.63. The van der Waals surface area contributed by atoms with Gasteiger partial charge in [0.15, 0.2) is 0 Å². The molecule has 1 aliphatic rings. The number of aromatic nitrogens is 3. The van der Waals surface area contributed by atoms with E-state index in [4.69, 9.17) is 4.74 Å². The summed E-state index contributed by atoms with van der Waals surface area (Å²) in [4.78, 5) is 25.0. The first-order valence-electron chi connectivity index (χ1n) is 7.79. The van der Waals surface area contributed by atoms with Crippen LogP contribution in [0.5, 0.6) is 0 Å². The lowest BCUT2D eigenvalue weighted by Crippen LogP contribution is -2.48. The highest BCUT2D eigenvalue weighted by atomic mass is 16.5. The Hall–Kier alpha value is -2.37. The fourth-order valence-corrected chi connectivity index (χ4v) is 3.20. The van der Waals surface area contributed by atoms with Crippen molar-refractivity contribution in [1.82, 2.24) is 14.3 Å². The van der Waals surface area contributed by atoms with Crippen LogP contribution in [0.1, 0.15) is 36.7 Å². The summed E-state index contributed by atoms with van der Waals surface area (Å²) in [5, 5.41) is 4.44. The predicted molar refractivity (Wildman–Crippen MR) is 85.4 cm³/mol. The number of methoxy groups -OCH3 is 1. The highest BCUT2D eigenvalue weighted by Gasteiger charge is 2.42. The maximum atomic E-state index is 12.8. The molecule has 2 aromatic rings. The second-order valence-corrected chi connectivity index (χ2v) is 6.30. The molecule has 2 heterocycles. The molecule has 6 heteroatoms. The molecule has 0 aliphatic carbocycles. The number of carbonyl (C=O) groups is 1. The van der Waals surface area contributed by atoms with Gasteiger partial charge in [-0.05, 0) is 32.3 Å². The molecule has 0 amide bonds. The average molecular weight is 315 g/mol. The maximum absolute atomic E-state index is 12.8. The molecule has 0 saturated carbocycles. The third-order valence-corrected chi connectivity index (χ3v) is 4.54. The molecule has 0 N–H and O–H groups in total. The monoisotopic (exact) mass is 315 g/mol. The normalized spacial score (nSPS) is 20.1. The van der Waals surface area contributed by atoms with E-state index in [1.54, 1.807) is 6.92 Å². The van der Waals surface area contributed by atoms with Crippen molar-refractivity contribution >= 4 is 5.97 Å². The number of carbonyl (C=O) groups excluding carboxylic acids is 1. The molecule has 23 heavy (non-hydrogen) atoms. The zero-order valence-corrected chi connectivity index (χ0v) is 13.7. The molecule has 0 unspecified atom stereocenters. The Morgan fingerprint density at radius 1 is 1.35 bits per heavy atom. The summed E-state index contributed by atoms with van der Waals surface area (Å²) >= 11 is 0. The summed E-state index contributed by atoms with van der Waals surface area (Å²) in [6.07, 6.45) is 2.10. The molecule has 1 aliphatic heterocycles. The van der Waals surface area contributed by atoms with E-state index < -0.39 is 11.5 Å². The van der Waals surface area contributed by atoms with Crippen molar-refractivity contribution < 1.29 is 9.53 Å². The summed E-state index contributed by atoms with van der Waals surface area (Å²) in [5.41, 5.74) is 0.954. The Labute approximate surface area is 134 Å². The molecule has 3 rings (SSSR count). The van der Waals surface area contributed by atoms with Crippen LogP contribution in [0.2, 0.25) is 0 Å². The van der Waals surface area contributed by atoms with Crippen LogP contribution in [0.3, 0.4) is 0 Å². The van der Waals surface area contributed by atoms with Crippen LogP contribution < -0.4 is 5.69 Å². The number of hydrogen-bond acceptors (Lipinski definition) is 4. The van der Waals surface area contributed by atoms with Crippen LogP contribution in [-0.4, -0.2) is 27.4 Å². The van der Waals surface area contributed by atoms with E-state index in [0.29, 0.717) is 25.2 Å². The van der Waals surface area contributed by atoms with Gasteiger partial charge in [0.05, 0.1) is 13.7 Å². The molecule has 0 saturated heterocycles. The number of aryl methyl sites for hydroxylation is 2. The van der Waals surface area contributed by atoms with Gasteiger partial charge >= 0.3 is 11.7 Å². The van der Waals surface area contributed by atoms with Gasteiger partial charge in [0.25, 0.3) is 0 Å². The van der Waals surface area contributed by atoms with Gasteiger partial charge in [0.1, 0.15) is 11.4 Å². The molecule has 0 radical (unpaired) electrons. The first kappa shape index (κ1) is 15.5. The molecule has 1 aromatic carbocycles. The number of fused-ring (bicyclic) bond motifs is 1. The molecule has 6 nitrogen and oxygen atoms in total. The molecular weight excluding hydrogens is 294 g/mol. The first-order valence-corrected chi connectivity index (χ1v) is 7.79. The number of hydrogen-bond donors (Lipinski definition) is 0. The Kier molecular flexibility index (Phi) is 3.83. The second-order valence-electron chi connectivity index (χ2n) is 6.30. The summed E-state index contributed by atoms with van der Waals surface area (Å²) in [6.45, 7) is 4.17. The molecule has 0 spiro atoms. The van der Waals surface area contributed by atoms with E-state index in [1.165, 1.54) is 21.9 Å². The van der Waals surface area contributed by atoms with Crippen LogP contribution in [0.25, 0.3) is 0 Å². The molecular formula is C17H21N3O3. The van der Waals surface area contributed by atoms with Crippen molar-refractivity contribution in [2.45, 2.75) is 45.2 Å². The van der Waals surface area contributed by atoms with Gasteiger partial charge in [0, 0.05) is 6.42 Å². The third-order valence-electron chi connectivity index (χ3n) is 4.54. The average Bonchev–Trinajstić information content (AvgIpc) is 2.86. The van der Waals surface area contributed by atoms with Crippen molar-refractivity contribution in [1.29, 1.82) is 0 Å². The Morgan fingerprint density at radius 3 is 2.70 bits per heavy atom. The standard InChI is InChI=1S/C17H21N3O3/c1-12-6-8-13(9-7-12)11-19-16(22)20-14(18-19)5-4-10-17(20,2)15(21)23-3/h6-9H,4-5,10-11H2,1-3H3/t17-/m1/s1. The van der Waals surface area contributed by atoms with E-state index in [-0.39, 0.29) is 5.69 Å². The summed E-state index contributed by atoms with van der Waals surface area (Å²) < 4.78 is 7.86. The van der Waals surface area contributed by atoms with Crippen LogP contribution in [0.4, 0.5) is 0 Å². The SMILES string of the molecule is COC(=O)[C@@]1(C)CCCc2nn(Cc3ccc(C)cc3)c(=O)n21. The highest BCUT2D eigenvalue weighted by molar-refractivity contribution is 5.78. The van der Waals surface area contributed by atoms with Gasteiger partial charge < -0.3 is 4.74 Å². The van der Waals surface area contributed by atoms with Crippen molar-refractivity contribution in [3.8, 4) is 0 Å². The third kappa shape index (κ3) is 2.58. The van der Waals surface area contributed by atoms with Crippen LogP contribution in [-0.2, 0) is 28.0 Å². The zero-order chi connectivity index (χ0) is 16.6. The summed E-state index contributed by atoms with van der Waals surface area (Å²) in [5.74, 6) is 0.261. The fourth-order valence-electron chi connectivity index (χ4n) is 3.20. The maximum Gasteiger partial charge on any atom is 0.347 e. The highest BCUT2D eigenvalue weighted by Crippen LogP contribution is 2.29. The molecule has 1 atom stereocenters. The minimum Gasteiger partial charge on any atom is -0.467 e. The number of rotatable bonds is 3. The van der Waals surface area contributed by atoms with Crippen LogP contribution in [0, 0.1) is 6.92 Å². The quantitative estimate of drug-likeness (QED) is 0.807. The number of esters is 1. The minimum atomic E-state index is -0.967. The Balaban J connectivity index is 2.01. The topological polar surface area (TPSA) is 66.1 Å². The largest absolute Gasteiger partial charge is 0.467 e. The van der Waals surface area contributed by atoms with E-state index in [0.717, 1.165) is 12.0 Å². The van der Waals surface area contributed by atoms with E-state index >= 15 is 0 Å². The van der Waals surface area contributed by atoms with Crippen molar-refractivity contribution in [3.63, 3.8) is 0 Å². The zero-order valence-electron chi connectivity index (χ0n) is 13.7. The van der Waals surface area contributed by atoms with Gasteiger partial charge in [-0.15, -0.1) is 0 Å². The second kappa shape index (κ2) is 5.68. The fraction of sp³-hybridized carbons (Fsp3) is 0.471. The Bertz CT molecular complexity index is 788. The van der Waals surface area contributed by atoms with Gasteiger partial charge in [-0.1, -0.05) is 29.8 Å². The molecule has 1 aromatic heterocycles. The molecule has 122 valence electrons. The summed E-state index contributed by atoms with van der Waals surface area (Å²) in [6, 6.07) is 7.99. The van der Waals surface area contributed by atoms with Gasteiger partial charge in [-0.25, -0.2) is 14.3 Å². The number of benzene rings is 1. The van der Waals surface area contributed by atoms with E-state index in [2.05, 4.69) is 5.10 Å². The van der Waals surface area contributed by atoms with Gasteiger partial charge in [0.2, 0.25) is 0 Å². The van der Waals surface area contributed by atoms with E-state index in [1.807, 2.05) is 31.2 Å². The van der Waals surface area contributed by atoms with Crippen molar-refractivity contribution in [3.05, 3.63) is 51.7 Å². The van der Waals surface area contributed by atoms with Crippen LogP contribution >= 0.6 is 0 Å². The Morgan fingerprint density at radius 2 is 2.04 bits per heavy atom. The first-order chi connectivity index (χ1) is 11.0. The van der Waals surface area contributed by atoms with Gasteiger partial charge in [-0.2, -0.15) is 5.10 Å². The lowest BCUT2D eigenvalue weighted by atomic mass is 9.91. The van der Waals surface area contributed by atoms with E-state index in [9.17, 15) is 9.59 Å².